The van der Waals surface area contributed by atoms with Crippen LogP contribution in [-0.4, -0.2) is 25.0 Å². The van der Waals surface area contributed by atoms with Crippen LogP contribution in [0.25, 0.3) is 0 Å². The third-order valence-corrected chi connectivity index (χ3v) is 5.74. The SMILES string of the molecule is CC(=O)SCCCS(=O)(=O)c1ccc(Oc2ccccc2)cc1. The molecular weight excluding hydrogens is 332 g/mol. The molecule has 0 radical (unpaired) electrons. The molecule has 2 aromatic carbocycles. The fraction of sp³-hybridized carbons (Fsp3) is 0.235. The number of ether oxygens (including phenoxy) is 1. The Balaban J connectivity index is 1.96. The van der Waals surface area contributed by atoms with Gasteiger partial charge in [0.25, 0.3) is 0 Å². The van der Waals surface area contributed by atoms with Crippen LogP contribution in [0, 0.1) is 0 Å². The molecule has 0 spiro atoms. The average molecular weight is 350 g/mol. The number of carbonyl (C=O) groups excluding carboxylic acids is 1. The van der Waals surface area contributed by atoms with E-state index in [1.54, 1.807) is 24.3 Å². The van der Waals surface area contributed by atoms with E-state index in [9.17, 15) is 13.2 Å². The smallest absolute Gasteiger partial charge is 0.185 e. The van der Waals surface area contributed by atoms with Crippen LogP contribution in [0.2, 0.25) is 0 Å². The van der Waals surface area contributed by atoms with Gasteiger partial charge in [-0.05, 0) is 42.8 Å². The third-order valence-electron chi connectivity index (χ3n) is 3.02. The van der Waals surface area contributed by atoms with Gasteiger partial charge in [0.15, 0.2) is 15.0 Å². The van der Waals surface area contributed by atoms with Crippen molar-refractivity contribution in [2.24, 2.45) is 0 Å². The minimum absolute atomic E-state index is 0.00446. The Morgan fingerprint density at radius 2 is 1.61 bits per heavy atom. The van der Waals surface area contributed by atoms with E-state index in [-0.39, 0.29) is 15.8 Å². The molecule has 0 amide bonds. The summed E-state index contributed by atoms with van der Waals surface area (Å²) in [6.07, 6.45) is 0.453. The highest BCUT2D eigenvalue weighted by atomic mass is 32.2. The van der Waals surface area contributed by atoms with Gasteiger partial charge < -0.3 is 4.74 Å². The van der Waals surface area contributed by atoms with E-state index in [0.29, 0.717) is 23.7 Å². The van der Waals surface area contributed by atoms with Crippen molar-refractivity contribution in [3.05, 3.63) is 54.6 Å². The van der Waals surface area contributed by atoms with Crippen molar-refractivity contribution < 1.29 is 17.9 Å². The van der Waals surface area contributed by atoms with E-state index in [0.717, 1.165) is 11.8 Å². The second kappa shape index (κ2) is 8.17. The summed E-state index contributed by atoms with van der Waals surface area (Å²) in [4.78, 5) is 11.1. The van der Waals surface area contributed by atoms with E-state index in [1.165, 1.54) is 6.92 Å². The Bertz CT molecular complexity index is 738. The second-order valence-electron chi connectivity index (χ2n) is 4.90. The predicted octanol–water partition coefficient (Wildman–Crippen LogP) is 3.92. The molecule has 0 atom stereocenters. The second-order valence-corrected chi connectivity index (χ2v) is 8.28. The number of carbonyl (C=O) groups is 1. The maximum Gasteiger partial charge on any atom is 0.185 e. The molecule has 0 saturated heterocycles. The van der Waals surface area contributed by atoms with Crippen LogP contribution in [0.5, 0.6) is 11.5 Å². The van der Waals surface area contributed by atoms with Gasteiger partial charge in [0.05, 0.1) is 10.6 Å². The number of hydrogen-bond donors (Lipinski definition) is 0. The molecule has 0 saturated carbocycles. The van der Waals surface area contributed by atoms with Crippen LogP contribution in [0.4, 0.5) is 0 Å². The first-order valence-electron chi connectivity index (χ1n) is 7.16. The zero-order valence-corrected chi connectivity index (χ0v) is 14.4. The Hall–Kier alpha value is -1.79. The van der Waals surface area contributed by atoms with Crippen LogP contribution >= 0.6 is 11.8 Å². The number of sulfone groups is 1. The summed E-state index contributed by atoms with van der Waals surface area (Å²) >= 11 is 1.15. The summed E-state index contributed by atoms with van der Waals surface area (Å²) in [7, 11) is -3.33. The molecule has 0 aliphatic carbocycles. The first-order chi connectivity index (χ1) is 11.0. The lowest BCUT2D eigenvalue weighted by molar-refractivity contribution is -0.109. The van der Waals surface area contributed by atoms with Gasteiger partial charge in [0.1, 0.15) is 11.5 Å². The van der Waals surface area contributed by atoms with Crippen molar-refractivity contribution in [3.8, 4) is 11.5 Å². The normalized spacial score (nSPS) is 11.2. The van der Waals surface area contributed by atoms with Crippen LogP contribution in [0.15, 0.2) is 59.5 Å². The molecule has 0 N–H and O–H groups in total. The number of thioether (sulfide) groups is 1. The zero-order chi connectivity index (χ0) is 16.7. The van der Waals surface area contributed by atoms with E-state index in [4.69, 9.17) is 4.74 Å². The van der Waals surface area contributed by atoms with Crippen molar-refractivity contribution >= 4 is 26.7 Å². The van der Waals surface area contributed by atoms with Gasteiger partial charge in [0, 0.05) is 12.7 Å². The molecule has 2 aromatic rings. The van der Waals surface area contributed by atoms with Crippen LogP contribution < -0.4 is 4.74 Å². The van der Waals surface area contributed by atoms with E-state index < -0.39 is 9.84 Å². The van der Waals surface area contributed by atoms with E-state index >= 15 is 0 Å². The first kappa shape index (κ1) is 17.6. The Morgan fingerprint density at radius 3 is 2.22 bits per heavy atom. The van der Waals surface area contributed by atoms with Crippen molar-refractivity contribution in [1.82, 2.24) is 0 Å². The van der Waals surface area contributed by atoms with Crippen molar-refractivity contribution in [1.29, 1.82) is 0 Å². The van der Waals surface area contributed by atoms with Crippen LogP contribution in [0.3, 0.4) is 0 Å². The lowest BCUT2D eigenvalue weighted by atomic mass is 10.3. The summed E-state index contributed by atoms with van der Waals surface area (Å²) in [6.45, 7) is 1.48. The van der Waals surface area contributed by atoms with Crippen molar-refractivity contribution in [2.75, 3.05) is 11.5 Å². The third kappa shape index (κ3) is 5.73. The summed E-state index contributed by atoms with van der Waals surface area (Å²) in [5, 5.41) is 0.00446. The first-order valence-corrected chi connectivity index (χ1v) is 9.80. The number of hydrogen-bond acceptors (Lipinski definition) is 5. The van der Waals surface area contributed by atoms with Gasteiger partial charge in [-0.25, -0.2) is 8.42 Å². The molecule has 0 aliphatic rings. The average Bonchev–Trinajstić information content (AvgIpc) is 2.53. The fourth-order valence-electron chi connectivity index (χ4n) is 1.92. The van der Waals surface area contributed by atoms with Gasteiger partial charge in [-0.1, -0.05) is 30.0 Å². The van der Waals surface area contributed by atoms with Crippen molar-refractivity contribution in [3.63, 3.8) is 0 Å². The summed E-state index contributed by atoms with van der Waals surface area (Å²) in [6, 6.07) is 15.7. The van der Waals surface area contributed by atoms with Gasteiger partial charge in [-0.15, -0.1) is 0 Å². The number of benzene rings is 2. The highest BCUT2D eigenvalue weighted by Gasteiger charge is 2.14. The standard InChI is InChI=1S/C17H18O4S2/c1-14(18)22-12-5-13-23(19,20)17-10-8-16(9-11-17)21-15-6-3-2-4-7-15/h2-4,6-11H,5,12-13H2,1H3. The summed E-state index contributed by atoms with van der Waals surface area (Å²) in [5.74, 6) is 1.84. The van der Waals surface area contributed by atoms with Gasteiger partial charge in [-0.2, -0.15) is 0 Å². The molecule has 0 unspecified atom stereocenters. The fourth-order valence-corrected chi connectivity index (χ4v) is 3.99. The van der Waals surface area contributed by atoms with Crippen LogP contribution in [0.1, 0.15) is 13.3 Å². The van der Waals surface area contributed by atoms with E-state index in [2.05, 4.69) is 0 Å². The van der Waals surface area contributed by atoms with Gasteiger partial charge >= 0.3 is 0 Å². The highest BCUT2D eigenvalue weighted by molar-refractivity contribution is 8.13. The molecule has 0 aliphatic heterocycles. The molecule has 6 heteroatoms. The predicted molar refractivity (Wildman–Crippen MR) is 92.8 cm³/mol. The molecule has 4 nitrogen and oxygen atoms in total. The van der Waals surface area contributed by atoms with E-state index in [1.807, 2.05) is 30.3 Å². The zero-order valence-electron chi connectivity index (χ0n) is 12.8. The van der Waals surface area contributed by atoms with Crippen molar-refractivity contribution in [2.45, 2.75) is 18.2 Å². The Labute approximate surface area is 140 Å². The molecular formula is C17H18O4S2. The summed E-state index contributed by atoms with van der Waals surface area (Å²) in [5.41, 5.74) is 0. The molecule has 0 bridgehead atoms. The maximum absolute atomic E-state index is 12.2. The molecule has 0 heterocycles. The number of para-hydroxylation sites is 1. The maximum atomic E-state index is 12.2. The van der Waals surface area contributed by atoms with Gasteiger partial charge in [0.2, 0.25) is 0 Å². The molecule has 23 heavy (non-hydrogen) atoms. The minimum Gasteiger partial charge on any atom is -0.457 e. The highest BCUT2D eigenvalue weighted by Crippen LogP contribution is 2.23. The van der Waals surface area contributed by atoms with Crippen LogP contribution in [-0.2, 0) is 14.6 Å². The van der Waals surface area contributed by atoms with Gasteiger partial charge in [-0.3, -0.25) is 4.79 Å². The lowest BCUT2D eigenvalue weighted by Gasteiger charge is -2.07. The topological polar surface area (TPSA) is 60.4 Å². The minimum atomic E-state index is -3.33. The number of rotatable bonds is 7. The Morgan fingerprint density at radius 1 is 1.00 bits per heavy atom. The molecule has 2 rings (SSSR count). The monoisotopic (exact) mass is 350 g/mol. The Kier molecular flexibility index (Phi) is 6.24. The summed E-state index contributed by atoms with van der Waals surface area (Å²) < 4.78 is 30.1. The molecule has 0 fully saturated rings. The molecule has 122 valence electrons. The molecule has 0 aromatic heterocycles. The largest absolute Gasteiger partial charge is 0.457 e. The lowest BCUT2D eigenvalue weighted by Crippen LogP contribution is -2.08. The quantitative estimate of drug-likeness (QED) is 0.708.